The molecule has 0 spiro atoms. The van der Waals surface area contributed by atoms with Gasteiger partial charge in [0.1, 0.15) is 5.75 Å². The number of nitrogens with zero attached hydrogens (tertiary/aromatic N) is 1. The van der Waals surface area contributed by atoms with Crippen LogP contribution in [-0.2, 0) is 4.79 Å². The van der Waals surface area contributed by atoms with Gasteiger partial charge >= 0.3 is 0 Å². The molecule has 0 unspecified atom stereocenters. The second-order valence-electron chi connectivity index (χ2n) is 6.16. The van der Waals surface area contributed by atoms with Gasteiger partial charge in [-0.05, 0) is 42.8 Å². The Morgan fingerprint density at radius 2 is 1.85 bits per heavy atom. The first kappa shape index (κ1) is 18.1. The highest BCUT2D eigenvalue weighted by Crippen LogP contribution is 2.28. The predicted octanol–water partition coefficient (Wildman–Crippen LogP) is 5.08. The summed E-state index contributed by atoms with van der Waals surface area (Å²) in [6.45, 7) is 2.05. The van der Waals surface area contributed by atoms with Gasteiger partial charge in [0.25, 0.3) is 0 Å². The number of hydrogen-bond acceptors (Lipinski definition) is 2. The average Bonchev–Trinajstić information content (AvgIpc) is 3.15. The number of aryl methyl sites for hydroxylation is 1. The molecule has 0 aliphatic carbocycles. The quantitative estimate of drug-likeness (QED) is 0.659. The molecule has 0 saturated carbocycles. The van der Waals surface area contributed by atoms with Crippen molar-refractivity contribution < 1.29 is 9.53 Å². The van der Waals surface area contributed by atoms with Crippen molar-refractivity contribution >= 4 is 23.2 Å². The van der Waals surface area contributed by atoms with Gasteiger partial charge in [0, 0.05) is 18.1 Å². The fraction of sp³-hybridized carbons (Fsp3) is 0.190. The third-order valence-corrected chi connectivity index (χ3v) is 4.56. The first-order valence-corrected chi connectivity index (χ1v) is 8.77. The van der Waals surface area contributed by atoms with Crippen molar-refractivity contribution in [2.45, 2.75) is 19.4 Å². The van der Waals surface area contributed by atoms with Gasteiger partial charge in [0.2, 0.25) is 5.91 Å². The van der Waals surface area contributed by atoms with Crippen LogP contribution >= 0.6 is 11.6 Å². The minimum Gasteiger partial charge on any atom is -0.495 e. The molecule has 5 heteroatoms. The molecule has 26 heavy (non-hydrogen) atoms. The summed E-state index contributed by atoms with van der Waals surface area (Å²) in [5, 5.41) is 3.38. The van der Waals surface area contributed by atoms with Gasteiger partial charge < -0.3 is 14.6 Å². The lowest BCUT2D eigenvalue weighted by Crippen LogP contribution is -2.19. The fourth-order valence-electron chi connectivity index (χ4n) is 2.87. The standard InChI is InChI=1S/C21H21ClN2O2/c1-15-5-7-16(8-6-15)19(24-11-3-4-12-24)14-21(25)23-17-9-10-20(26-2)18(22)13-17/h3-13,19H,14H2,1-2H3,(H,23,25)/t19-/m1/s1. The second-order valence-corrected chi connectivity index (χ2v) is 6.57. The van der Waals surface area contributed by atoms with Gasteiger partial charge in [-0.15, -0.1) is 0 Å². The molecule has 0 aliphatic rings. The number of hydrogen-bond donors (Lipinski definition) is 1. The molecule has 3 aromatic rings. The number of anilines is 1. The van der Waals surface area contributed by atoms with Gasteiger partial charge in [-0.1, -0.05) is 41.4 Å². The third kappa shape index (κ3) is 4.27. The van der Waals surface area contributed by atoms with Crippen LogP contribution in [0.4, 0.5) is 5.69 Å². The van der Waals surface area contributed by atoms with Crippen LogP contribution in [0.15, 0.2) is 67.0 Å². The lowest BCUT2D eigenvalue weighted by Gasteiger charge is -2.20. The van der Waals surface area contributed by atoms with Gasteiger partial charge in [-0.2, -0.15) is 0 Å². The normalized spacial score (nSPS) is 11.8. The SMILES string of the molecule is COc1ccc(NC(=O)C[C@H](c2ccc(C)cc2)n2cccc2)cc1Cl. The van der Waals surface area contributed by atoms with Crippen LogP contribution in [0.5, 0.6) is 5.75 Å². The van der Waals surface area contributed by atoms with E-state index < -0.39 is 0 Å². The van der Waals surface area contributed by atoms with Crippen LogP contribution in [0.3, 0.4) is 0 Å². The molecule has 1 atom stereocenters. The lowest BCUT2D eigenvalue weighted by molar-refractivity contribution is -0.116. The van der Waals surface area contributed by atoms with E-state index in [4.69, 9.17) is 16.3 Å². The van der Waals surface area contributed by atoms with E-state index in [1.165, 1.54) is 5.56 Å². The third-order valence-electron chi connectivity index (χ3n) is 4.26. The zero-order valence-electron chi connectivity index (χ0n) is 14.8. The fourth-order valence-corrected chi connectivity index (χ4v) is 3.13. The molecule has 2 aromatic carbocycles. The van der Waals surface area contributed by atoms with Crippen molar-refractivity contribution in [1.29, 1.82) is 0 Å². The minimum absolute atomic E-state index is 0.0701. The number of rotatable bonds is 6. The average molecular weight is 369 g/mol. The maximum atomic E-state index is 12.6. The Hall–Kier alpha value is -2.72. The summed E-state index contributed by atoms with van der Waals surface area (Å²) in [4.78, 5) is 12.6. The topological polar surface area (TPSA) is 43.3 Å². The number of halogens is 1. The molecule has 0 aliphatic heterocycles. The highest BCUT2D eigenvalue weighted by molar-refractivity contribution is 6.32. The molecular formula is C21H21ClN2O2. The first-order valence-electron chi connectivity index (χ1n) is 8.39. The molecule has 1 amide bonds. The molecular weight excluding hydrogens is 348 g/mol. The molecule has 0 fully saturated rings. The van der Waals surface area contributed by atoms with Crippen molar-refractivity contribution in [3.8, 4) is 5.75 Å². The summed E-state index contributed by atoms with van der Waals surface area (Å²) in [7, 11) is 1.56. The van der Waals surface area contributed by atoms with E-state index in [1.807, 2.05) is 29.1 Å². The predicted molar refractivity (Wildman–Crippen MR) is 105 cm³/mol. The van der Waals surface area contributed by atoms with Gasteiger partial charge in [0.15, 0.2) is 0 Å². The first-order chi connectivity index (χ1) is 12.6. The molecule has 0 bridgehead atoms. The largest absolute Gasteiger partial charge is 0.495 e. The maximum Gasteiger partial charge on any atom is 0.226 e. The molecule has 3 rings (SSSR count). The Morgan fingerprint density at radius 3 is 2.46 bits per heavy atom. The van der Waals surface area contributed by atoms with E-state index >= 15 is 0 Å². The van der Waals surface area contributed by atoms with E-state index in [1.54, 1.807) is 25.3 Å². The van der Waals surface area contributed by atoms with E-state index in [-0.39, 0.29) is 11.9 Å². The number of carbonyl (C=O) groups is 1. The summed E-state index contributed by atoms with van der Waals surface area (Å²) in [6, 6.07) is 17.3. The lowest BCUT2D eigenvalue weighted by atomic mass is 10.0. The number of carbonyl (C=O) groups excluding carboxylic acids is 1. The molecule has 0 radical (unpaired) electrons. The van der Waals surface area contributed by atoms with E-state index in [2.05, 4.69) is 36.5 Å². The molecule has 1 N–H and O–H groups in total. The molecule has 134 valence electrons. The number of aromatic nitrogens is 1. The summed E-state index contributed by atoms with van der Waals surface area (Å²) < 4.78 is 7.18. The Bertz CT molecular complexity index is 874. The summed E-state index contributed by atoms with van der Waals surface area (Å²) in [6.07, 6.45) is 4.27. The number of amides is 1. The van der Waals surface area contributed by atoms with Crippen molar-refractivity contribution in [3.63, 3.8) is 0 Å². The van der Waals surface area contributed by atoms with Gasteiger partial charge in [-0.3, -0.25) is 4.79 Å². The second kappa shape index (κ2) is 8.11. The van der Waals surface area contributed by atoms with E-state index in [9.17, 15) is 4.79 Å². The van der Waals surface area contributed by atoms with Crippen molar-refractivity contribution in [1.82, 2.24) is 4.57 Å². The van der Waals surface area contributed by atoms with Crippen LogP contribution < -0.4 is 10.1 Å². The zero-order chi connectivity index (χ0) is 18.5. The van der Waals surface area contributed by atoms with Crippen LogP contribution in [0.25, 0.3) is 0 Å². The summed E-state index contributed by atoms with van der Waals surface area (Å²) in [5.74, 6) is 0.500. The van der Waals surface area contributed by atoms with Crippen LogP contribution in [-0.4, -0.2) is 17.6 Å². The zero-order valence-corrected chi connectivity index (χ0v) is 15.5. The monoisotopic (exact) mass is 368 g/mol. The Morgan fingerprint density at radius 1 is 1.15 bits per heavy atom. The number of benzene rings is 2. The minimum atomic E-state index is -0.0782. The molecule has 1 aromatic heterocycles. The van der Waals surface area contributed by atoms with Crippen molar-refractivity contribution in [2.24, 2.45) is 0 Å². The summed E-state index contributed by atoms with van der Waals surface area (Å²) in [5.41, 5.74) is 2.93. The Kier molecular flexibility index (Phi) is 5.64. The van der Waals surface area contributed by atoms with Crippen LogP contribution in [0, 0.1) is 6.92 Å². The highest BCUT2D eigenvalue weighted by atomic mass is 35.5. The number of ether oxygens (including phenoxy) is 1. The van der Waals surface area contributed by atoms with Crippen LogP contribution in [0.2, 0.25) is 5.02 Å². The van der Waals surface area contributed by atoms with Crippen molar-refractivity contribution in [3.05, 3.63) is 83.1 Å². The Balaban J connectivity index is 1.77. The molecule has 4 nitrogen and oxygen atoms in total. The molecule has 0 saturated heterocycles. The van der Waals surface area contributed by atoms with E-state index in [0.29, 0.717) is 22.9 Å². The van der Waals surface area contributed by atoms with Crippen molar-refractivity contribution in [2.75, 3.05) is 12.4 Å². The summed E-state index contributed by atoms with van der Waals surface area (Å²) >= 11 is 6.13. The molecule has 1 heterocycles. The number of nitrogens with one attached hydrogen (secondary N) is 1. The highest BCUT2D eigenvalue weighted by Gasteiger charge is 2.17. The van der Waals surface area contributed by atoms with E-state index in [0.717, 1.165) is 5.56 Å². The smallest absolute Gasteiger partial charge is 0.226 e. The maximum absolute atomic E-state index is 12.6. The Labute approximate surface area is 158 Å². The van der Waals surface area contributed by atoms with Gasteiger partial charge in [0.05, 0.1) is 24.6 Å². The van der Waals surface area contributed by atoms with Crippen LogP contribution in [0.1, 0.15) is 23.6 Å². The number of methoxy groups -OCH3 is 1. The van der Waals surface area contributed by atoms with Gasteiger partial charge in [-0.25, -0.2) is 0 Å².